The Balaban J connectivity index is 1.74. The van der Waals surface area contributed by atoms with Gasteiger partial charge in [0.25, 0.3) is 0 Å². The van der Waals surface area contributed by atoms with E-state index in [1.54, 1.807) is 19.2 Å². The summed E-state index contributed by atoms with van der Waals surface area (Å²) in [5.41, 5.74) is 2.17. The van der Waals surface area contributed by atoms with Gasteiger partial charge in [-0.05, 0) is 36.2 Å². The minimum atomic E-state index is -3.60. The smallest absolute Gasteiger partial charge is 0.243 e. The van der Waals surface area contributed by atoms with Crippen molar-refractivity contribution in [3.63, 3.8) is 0 Å². The van der Waals surface area contributed by atoms with Crippen LogP contribution in [-0.2, 0) is 21.4 Å². The van der Waals surface area contributed by atoms with E-state index >= 15 is 0 Å². The quantitative estimate of drug-likeness (QED) is 0.738. The second kappa shape index (κ2) is 8.10. The Morgan fingerprint density at radius 3 is 2.43 bits per heavy atom. The van der Waals surface area contributed by atoms with Gasteiger partial charge in [0.15, 0.2) is 11.5 Å². The van der Waals surface area contributed by atoms with E-state index in [4.69, 9.17) is 9.47 Å². The largest absolute Gasteiger partial charge is 0.486 e. The van der Waals surface area contributed by atoms with Crippen molar-refractivity contribution < 1.29 is 22.7 Å². The Labute approximate surface area is 165 Å². The Hall–Kier alpha value is -2.74. The molecule has 1 aliphatic rings. The number of nitrogens with zero attached hydrogens (tertiary/aromatic N) is 2. The maximum absolute atomic E-state index is 12.7. The second-order valence-electron chi connectivity index (χ2n) is 6.78. The van der Waals surface area contributed by atoms with Crippen LogP contribution in [0.1, 0.15) is 11.1 Å². The molecule has 1 aliphatic heterocycles. The van der Waals surface area contributed by atoms with E-state index in [1.807, 2.05) is 37.3 Å². The number of carbonyl (C=O) groups is 1. The topological polar surface area (TPSA) is 76.2 Å². The maximum Gasteiger partial charge on any atom is 0.243 e. The van der Waals surface area contributed by atoms with E-state index in [-0.39, 0.29) is 12.5 Å². The van der Waals surface area contributed by atoms with Crippen LogP contribution >= 0.6 is 0 Å². The van der Waals surface area contributed by atoms with Gasteiger partial charge in [-0.25, -0.2) is 8.42 Å². The molecule has 0 saturated carbocycles. The summed E-state index contributed by atoms with van der Waals surface area (Å²) in [5.74, 6) is 1.04. The van der Waals surface area contributed by atoms with Crippen molar-refractivity contribution in [2.45, 2.75) is 13.5 Å². The van der Waals surface area contributed by atoms with Crippen molar-refractivity contribution >= 4 is 21.6 Å². The first-order chi connectivity index (χ1) is 13.3. The summed E-state index contributed by atoms with van der Waals surface area (Å²) in [7, 11) is -1.95. The number of aryl methyl sites for hydroxylation is 1. The van der Waals surface area contributed by atoms with Crippen LogP contribution in [0.4, 0.5) is 5.69 Å². The number of benzene rings is 2. The summed E-state index contributed by atoms with van der Waals surface area (Å²) in [6, 6.07) is 12.6. The van der Waals surface area contributed by atoms with E-state index in [0.29, 0.717) is 36.9 Å². The molecule has 0 unspecified atom stereocenters. The van der Waals surface area contributed by atoms with Gasteiger partial charge >= 0.3 is 0 Å². The number of rotatable bonds is 6. The van der Waals surface area contributed by atoms with Crippen LogP contribution < -0.4 is 13.8 Å². The molecule has 0 aliphatic carbocycles. The van der Waals surface area contributed by atoms with Crippen LogP contribution in [0.5, 0.6) is 11.5 Å². The Kier molecular flexibility index (Phi) is 5.79. The summed E-state index contributed by atoms with van der Waals surface area (Å²) in [4.78, 5) is 14.2. The minimum Gasteiger partial charge on any atom is -0.486 e. The molecule has 0 bridgehead atoms. The Bertz CT molecular complexity index is 974. The third kappa shape index (κ3) is 4.56. The van der Waals surface area contributed by atoms with Crippen molar-refractivity contribution in [3.8, 4) is 11.5 Å². The number of carbonyl (C=O) groups excluding carboxylic acids is 1. The number of amides is 1. The number of ether oxygens (including phenoxy) is 2. The van der Waals surface area contributed by atoms with Gasteiger partial charge in [-0.15, -0.1) is 0 Å². The zero-order chi connectivity index (χ0) is 20.3. The molecular formula is C20H24N2O5S. The first-order valence-electron chi connectivity index (χ1n) is 8.91. The zero-order valence-corrected chi connectivity index (χ0v) is 17.0. The number of anilines is 1. The number of fused-ring (bicyclic) bond motifs is 1. The van der Waals surface area contributed by atoms with Crippen molar-refractivity contribution in [3.05, 3.63) is 53.6 Å². The fourth-order valence-corrected chi connectivity index (χ4v) is 3.92. The maximum atomic E-state index is 12.7. The van der Waals surface area contributed by atoms with Gasteiger partial charge in [0.05, 0.1) is 11.9 Å². The van der Waals surface area contributed by atoms with Crippen molar-refractivity contribution in [2.24, 2.45) is 0 Å². The molecule has 150 valence electrons. The molecule has 0 radical (unpaired) electrons. The van der Waals surface area contributed by atoms with Gasteiger partial charge < -0.3 is 14.4 Å². The average Bonchev–Trinajstić information content (AvgIpc) is 2.65. The molecule has 0 spiro atoms. The molecule has 2 aromatic rings. The highest BCUT2D eigenvalue weighted by Gasteiger charge is 2.24. The number of likely N-dealkylation sites (N-methyl/N-ethyl adjacent to an activating group) is 1. The lowest BCUT2D eigenvalue weighted by atomic mass is 10.2. The van der Waals surface area contributed by atoms with E-state index < -0.39 is 10.0 Å². The van der Waals surface area contributed by atoms with E-state index in [2.05, 4.69) is 0 Å². The fraction of sp³-hybridized carbons (Fsp3) is 0.350. The molecule has 0 saturated heterocycles. The molecular weight excluding hydrogens is 380 g/mol. The third-order valence-corrected chi connectivity index (χ3v) is 5.64. The monoisotopic (exact) mass is 404 g/mol. The number of sulfonamides is 1. The van der Waals surface area contributed by atoms with E-state index in [1.165, 1.54) is 4.90 Å². The number of hydrogen-bond donors (Lipinski definition) is 0. The van der Waals surface area contributed by atoms with E-state index in [9.17, 15) is 13.2 Å². The average molecular weight is 404 g/mol. The predicted molar refractivity (Wildman–Crippen MR) is 107 cm³/mol. The van der Waals surface area contributed by atoms with Crippen LogP contribution in [0.25, 0.3) is 0 Å². The summed E-state index contributed by atoms with van der Waals surface area (Å²) < 4.78 is 36.8. The van der Waals surface area contributed by atoms with Crippen LogP contribution in [0.15, 0.2) is 42.5 Å². The van der Waals surface area contributed by atoms with Crippen molar-refractivity contribution in [1.29, 1.82) is 0 Å². The highest BCUT2D eigenvalue weighted by atomic mass is 32.2. The van der Waals surface area contributed by atoms with Gasteiger partial charge in [0.1, 0.15) is 19.8 Å². The highest BCUT2D eigenvalue weighted by Crippen LogP contribution is 2.31. The first-order valence-corrected chi connectivity index (χ1v) is 10.8. The molecule has 3 rings (SSSR count). The van der Waals surface area contributed by atoms with Crippen LogP contribution in [-0.4, -0.2) is 52.3 Å². The van der Waals surface area contributed by atoms with Gasteiger partial charge in [-0.1, -0.05) is 24.3 Å². The van der Waals surface area contributed by atoms with Crippen LogP contribution in [0.2, 0.25) is 0 Å². The van der Waals surface area contributed by atoms with Crippen LogP contribution in [0.3, 0.4) is 0 Å². The van der Waals surface area contributed by atoms with Crippen molar-refractivity contribution in [1.82, 2.24) is 4.90 Å². The van der Waals surface area contributed by atoms with Gasteiger partial charge in [-0.2, -0.15) is 0 Å². The molecule has 0 N–H and O–H groups in total. The Morgan fingerprint density at radius 1 is 1.07 bits per heavy atom. The molecule has 2 aromatic carbocycles. The minimum absolute atomic E-state index is 0.259. The second-order valence-corrected chi connectivity index (χ2v) is 8.69. The summed E-state index contributed by atoms with van der Waals surface area (Å²) in [5, 5.41) is 0. The lowest BCUT2D eigenvalue weighted by Gasteiger charge is -2.26. The van der Waals surface area contributed by atoms with Gasteiger partial charge in [-0.3, -0.25) is 9.10 Å². The molecule has 7 nitrogen and oxygen atoms in total. The predicted octanol–water partition coefficient (Wildman–Crippen LogP) is 2.19. The van der Waals surface area contributed by atoms with E-state index in [0.717, 1.165) is 21.7 Å². The molecule has 28 heavy (non-hydrogen) atoms. The van der Waals surface area contributed by atoms with Crippen LogP contribution in [0, 0.1) is 6.92 Å². The fourth-order valence-electron chi connectivity index (χ4n) is 3.02. The molecule has 0 aromatic heterocycles. The summed E-state index contributed by atoms with van der Waals surface area (Å²) in [6.45, 7) is 2.90. The molecule has 1 amide bonds. The highest BCUT2D eigenvalue weighted by molar-refractivity contribution is 7.92. The number of hydrogen-bond acceptors (Lipinski definition) is 5. The van der Waals surface area contributed by atoms with Gasteiger partial charge in [0.2, 0.25) is 15.9 Å². The van der Waals surface area contributed by atoms with Crippen molar-refractivity contribution in [2.75, 3.05) is 37.4 Å². The number of para-hydroxylation sites is 1. The lowest BCUT2D eigenvalue weighted by molar-refractivity contribution is -0.128. The molecule has 8 heteroatoms. The third-order valence-electron chi connectivity index (χ3n) is 4.52. The summed E-state index contributed by atoms with van der Waals surface area (Å²) in [6.07, 6.45) is 1.10. The first kappa shape index (κ1) is 20.0. The normalized spacial score (nSPS) is 13.1. The SMILES string of the molecule is Cc1ccccc1N(CC(=O)N(C)Cc1ccc2c(c1)OCCO2)S(C)(=O)=O. The molecule has 0 atom stereocenters. The lowest BCUT2D eigenvalue weighted by Crippen LogP contribution is -2.41. The Morgan fingerprint density at radius 2 is 1.75 bits per heavy atom. The molecule has 0 fully saturated rings. The zero-order valence-electron chi connectivity index (χ0n) is 16.2. The standard InChI is InChI=1S/C20H24N2O5S/c1-15-6-4-5-7-17(15)22(28(3,24)25)14-20(23)21(2)13-16-8-9-18-19(12-16)27-11-10-26-18/h4-9,12H,10-11,13-14H2,1-3H3. The summed E-state index contributed by atoms with van der Waals surface area (Å²) >= 11 is 0. The van der Waals surface area contributed by atoms with Gasteiger partial charge in [0, 0.05) is 13.6 Å². The molecule has 1 heterocycles.